The van der Waals surface area contributed by atoms with Crippen LogP contribution in [-0.4, -0.2) is 31.8 Å². The lowest BCUT2D eigenvalue weighted by molar-refractivity contribution is -0.385. The number of non-ortho nitro benzene ring substituents is 2. The summed E-state index contributed by atoms with van der Waals surface area (Å²) >= 11 is 0. The van der Waals surface area contributed by atoms with Gasteiger partial charge in [-0.05, 0) is 19.1 Å². The minimum atomic E-state index is -0.694. The van der Waals surface area contributed by atoms with Gasteiger partial charge in [-0.3, -0.25) is 30.1 Å². The molecule has 0 aliphatic heterocycles. The Morgan fingerprint density at radius 1 is 1.07 bits per heavy atom. The summed E-state index contributed by atoms with van der Waals surface area (Å²) in [7, 11) is 1.34. The summed E-state index contributed by atoms with van der Waals surface area (Å²) in [5.41, 5.74) is -1.28. The molecule has 13 nitrogen and oxygen atoms in total. The van der Waals surface area contributed by atoms with Gasteiger partial charge in [-0.2, -0.15) is 0 Å². The molecule has 0 fully saturated rings. The second-order valence-corrected chi connectivity index (χ2v) is 5.97. The zero-order valence-electron chi connectivity index (χ0n) is 15.6. The molecule has 0 aliphatic rings. The minimum Gasteiger partial charge on any atom is -0.506 e. The highest BCUT2D eigenvalue weighted by Crippen LogP contribution is 2.32. The maximum Gasteiger partial charge on any atom is 0.299 e. The summed E-state index contributed by atoms with van der Waals surface area (Å²) in [5.74, 6) is -0.165. The fourth-order valence-electron chi connectivity index (χ4n) is 2.60. The Hall–Kier alpha value is -4.55. The molecule has 0 aliphatic carbocycles. The number of nitrogens with zero attached hydrogens (tertiary/aromatic N) is 5. The number of nitrogens with one attached hydrogen (secondary N) is 1. The third kappa shape index (κ3) is 3.71. The molecule has 0 amide bonds. The molecule has 3 rings (SSSR count). The molecular formula is C17H14N6O7. The van der Waals surface area contributed by atoms with E-state index in [2.05, 4.69) is 15.3 Å². The average molecular weight is 414 g/mol. The molecule has 154 valence electrons. The first kappa shape index (κ1) is 20.2. The lowest BCUT2D eigenvalue weighted by Crippen LogP contribution is -2.15. The van der Waals surface area contributed by atoms with Gasteiger partial charge in [-0.1, -0.05) is 0 Å². The van der Waals surface area contributed by atoms with Crippen LogP contribution in [0.15, 0.2) is 51.4 Å². The predicted molar refractivity (Wildman–Crippen MR) is 103 cm³/mol. The number of aromatic nitrogens is 2. The molecule has 0 saturated carbocycles. The highest BCUT2D eigenvalue weighted by atomic mass is 16.6. The molecule has 0 bridgehead atoms. The molecule has 1 aromatic heterocycles. The Bertz CT molecular complexity index is 1240. The highest BCUT2D eigenvalue weighted by Gasteiger charge is 2.19. The van der Waals surface area contributed by atoms with E-state index >= 15 is 0 Å². The first-order chi connectivity index (χ1) is 14.2. The number of phenols is 1. The number of aryl methyl sites for hydroxylation is 1. The monoisotopic (exact) mass is 414 g/mol. The molecule has 0 radical (unpaired) electrons. The number of ether oxygens (including phenoxy) is 1. The Labute approximate surface area is 167 Å². The Morgan fingerprint density at radius 2 is 1.70 bits per heavy atom. The van der Waals surface area contributed by atoms with Crippen LogP contribution in [0.3, 0.4) is 0 Å². The first-order valence-corrected chi connectivity index (χ1v) is 8.26. The summed E-state index contributed by atoms with van der Waals surface area (Å²) in [6.07, 6.45) is 0. The molecule has 2 N–H and O–H groups in total. The SMILES string of the molecule is COc1ccc([N+](=O)[O-])cc1-n1[nH]c(C)c(N=Nc2cc([N+](=O)[O-])ccc2O)c1=O. The van der Waals surface area contributed by atoms with Crippen LogP contribution in [0.2, 0.25) is 0 Å². The van der Waals surface area contributed by atoms with Gasteiger partial charge in [-0.25, -0.2) is 4.68 Å². The number of methoxy groups -OCH3 is 1. The second kappa shape index (κ2) is 7.83. The largest absolute Gasteiger partial charge is 0.506 e. The van der Waals surface area contributed by atoms with Gasteiger partial charge >= 0.3 is 0 Å². The van der Waals surface area contributed by atoms with Crippen molar-refractivity contribution in [3.63, 3.8) is 0 Å². The number of azo groups is 1. The Kier molecular flexibility index (Phi) is 5.27. The Balaban J connectivity index is 2.08. The average Bonchev–Trinajstić information content (AvgIpc) is 3.00. The predicted octanol–water partition coefficient (Wildman–Crippen LogP) is 3.42. The third-order valence-corrected chi connectivity index (χ3v) is 4.08. The van der Waals surface area contributed by atoms with Crippen molar-refractivity contribution in [3.05, 3.63) is 72.7 Å². The highest BCUT2D eigenvalue weighted by molar-refractivity contribution is 5.58. The molecule has 0 unspecified atom stereocenters. The van der Waals surface area contributed by atoms with E-state index in [-0.39, 0.29) is 45.6 Å². The zero-order valence-corrected chi connectivity index (χ0v) is 15.6. The van der Waals surface area contributed by atoms with Crippen molar-refractivity contribution in [3.8, 4) is 17.2 Å². The normalized spacial score (nSPS) is 11.0. The van der Waals surface area contributed by atoms with E-state index in [9.17, 15) is 30.1 Å². The standard InChI is InChI=1S/C17H14N6O7/c1-9-16(19-18-12-7-10(22(26)27)3-5-14(12)24)17(25)21(20-9)13-8-11(23(28)29)4-6-15(13)30-2/h3-8,20,24H,1-2H3. The van der Waals surface area contributed by atoms with Crippen molar-refractivity contribution < 1.29 is 19.7 Å². The smallest absolute Gasteiger partial charge is 0.299 e. The summed E-state index contributed by atoms with van der Waals surface area (Å²) in [4.78, 5) is 33.5. The topological polar surface area (TPSA) is 178 Å². The lowest BCUT2D eigenvalue weighted by atomic mass is 10.2. The van der Waals surface area contributed by atoms with E-state index in [0.717, 1.165) is 28.9 Å². The first-order valence-electron chi connectivity index (χ1n) is 8.26. The van der Waals surface area contributed by atoms with Crippen LogP contribution < -0.4 is 10.3 Å². The zero-order chi connectivity index (χ0) is 22.0. The summed E-state index contributed by atoms with van der Waals surface area (Å²) in [6.45, 7) is 1.52. The maximum absolute atomic E-state index is 12.8. The molecule has 2 aromatic carbocycles. The lowest BCUT2D eigenvalue weighted by Gasteiger charge is -2.08. The van der Waals surface area contributed by atoms with Gasteiger partial charge in [0.25, 0.3) is 16.9 Å². The quantitative estimate of drug-likeness (QED) is 0.352. The van der Waals surface area contributed by atoms with Crippen LogP contribution in [0.4, 0.5) is 22.7 Å². The van der Waals surface area contributed by atoms with Crippen molar-refractivity contribution in [1.29, 1.82) is 0 Å². The minimum absolute atomic E-state index is 0.0828. The van der Waals surface area contributed by atoms with E-state index in [1.165, 1.54) is 26.2 Å². The van der Waals surface area contributed by atoms with Gasteiger partial charge in [0.2, 0.25) is 0 Å². The van der Waals surface area contributed by atoms with Crippen LogP contribution >= 0.6 is 0 Å². The van der Waals surface area contributed by atoms with E-state index in [0.29, 0.717) is 0 Å². The maximum atomic E-state index is 12.8. The van der Waals surface area contributed by atoms with Crippen LogP contribution in [0.5, 0.6) is 11.5 Å². The van der Waals surface area contributed by atoms with Gasteiger partial charge in [-0.15, -0.1) is 10.2 Å². The van der Waals surface area contributed by atoms with E-state index in [4.69, 9.17) is 4.74 Å². The van der Waals surface area contributed by atoms with Crippen LogP contribution in [0.25, 0.3) is 5.69 Å². The number of nitro groups is 2. The van der Waals surface area contributed by atoms with E-state index < -0.39 is 15.4 Å². The van der Waals surface area contributed by atoms with Crippen molar-refractivity contribution in [2.75, 3.05) is 7.11 Å². The number of benzene rings is 2. The van der Waals surface area contributed by atoms with Gasteiger partial charge in [0, 0.05) is 24.3 Å². The molecule has 30 heavy (non-hydrogen) atoms. The molecule has 1 heterocycles. The van der Waals surface area contributed by atoms with Crippen molar-refractivity contribution in [2.45, 2.75) is 6.92 Å². The number of hydrogen-bond donors (Lipinski definition) is 2. The van der Waals surface area contributed by atoms with Crippen molar-refractivity contribution in [2.24, 2.45) is 10.2 Å². The molecule has 0 spiro atoms. The molecule has 0 atom stereocenters. The summed E-state index contributed by atoms with van der Waals surface area (Å²) in [6, 6.07) is 6.92. The number of aromatic amines is 1. The number of rotatable bonds is 6. The Morgan fingerprint density at radius 3 is 2.33 bits per heavy atom. The number of phenolic OH excluding ortho intramolecular Hbond substituents is 1. The number of hydrogen-bond acceptors (Lipinski definition) is 9. The van der Waals surface area contributed by atoms with Gasteiger partial charge in [0.05, 0.1) is 22.7 Å². The molecular weight excluding hydrogens is 400 g/mol. The van der Waals surface area contributed by atoms with Gasteiger partial charge < -0.3 is 9.84 Å². The van der Waals surface area contributed by atoms with Crippen LogP contribution in [0.1, 0.15) is 5.69 Å². The third-order valence-electron chi connectivity index (χ3n) is 4.08. The molecule has 13 heteroatoms. The summed E-state index contributed by atoms with van der Waals surface area (Å²) in [5, 5.41) is 42.0. The second-order valence-electron chi connectivity index (χ2n) is 5.97. The number of aromatic hydroxyl groups is 1. The van der Waals surface area contributed by atoms with Crippen molar-refractivity contribution >= 4 is 22.7 Å². The van der Waals surface area contributed by atoms with Crippen molar-refractivity contribution in [1.82, 2.24) is 9.78 Å². The van der Waals surface area contributed by atoms with E-state index in [1.54, 1.807) is 0 Å². The van der Waals surface area contributed by atoms with E-state index in [1.807, 2.05) is 0 Å². The fourth-order valence-corrected chi connectivity index (χ4v) is 2.60. The van der Waals surface area contributed by atoms with Gasteiger partial charge in [0.1, 0.15) is 22.9 Å². The molecule has 0 saturated heterocycles. The van der Waals surface area contributed by atoms with Crippen LogP contribution in [0, 0.1) is 27.2 Å². The fraction of sp³-hybridized carbons (Fsp3) is 0.118. The summed E-state index contributed by atoms with van der Waals surface area (Å²) < 4.78 is 6.17. The number of H-pyrrole nitrogens is 1. The van der Waals surface area contributed by atoms with Gasteiger partial charge in [0.15, 0.2) is 5.69 Å². The van der Waals surface area contributed by atoms with Crippen LogP contribution in [-0.2, 0) is 0 Å². The number of nitro benzene ring substituents is 2. The molecule has 3 aromatic rings.